The number of aromatic carboxylic acids is 1. The molecule has 4 N–H and O–H groups in total. The van der Waals surface area contributed by atoms with E-state index in [1.807, 2.05) is 32.3 Å². The van der Waals surface area contributed by atoms with E-state index in [4.69, 9.17) is 26.3 Å². The van der Waals surface area contributed by atoms with Crippen molar-refractivity contribution in [2.75, 3.05) is 23.8 Å². The van der Waals surface area contributed by atoms with Crippen LogP contribution < -0.4 is 16.0 Å². The van der Waals surface area contributed by atoms with Gasteiger partial charge in [-0.2, -0.15) is 9.97 Å². The lowest BCUT2D eigenvalue weighted by Gasteiger charge is -2.23. The number of rotatable bonds is 24. The average molecular weight is 724 g/mol. The predicted octanol–water partition coefficient (Wildman–Crippen LogP) is 10.5. The van der Waals surface area contributed by atoms with Crippen LogP contribution in [0.25, 0.3) is 11.2 Å². The second-order valence-corrected chi connectivity index (χ2v) is 13.9. The standard InChI is InChI=1S/C39H58ClN7O4/c1-6-7-8-9-10-11-12-13-14-15-16-17-18-19-20-21-24-41-39(50)51-26-33(28(2)3)44-38-45-35(34-36(46-38)47(27-42-34)29(4)5)43-30-22-23-31(37(48)49)32(40)25-30/h10-11,13-14,22-23,25,27-29,33H,6-9,12,15-21,24,26H2,1-5H3,(H,41,50)(H,48,49)(H2,43,44,45,46)/t33-/m0/s1. The summed E-state index contributed by atoms with van der Waals surface area (Å²) < 4.78 is 7.54. The number of fused-ring (bicyclic) bond motifs is 1. The van der Waals surface area contributed by atoms with Gasteiger partial charge in [0.25, 0.3) is 0 Å². The summed E-state index contributed by atoms with van der Waals surface area (Å²) >= 11 is 6.22. The van der Waals surface area contributed by atoms with Crippen LogP contribution in [-0.4, -0.2) is 55.9 Å². The number of alkyl carbamates (subject to hydrolysis) is 1. The van der Waals surface area contributed by atoms with Gasteiger partial charge in [-0.1, -0.05) is 95.2 Å². The summed E-state index contributed by atoms with van der Waals surface area (Å²) in [6.07, 6.45) is 24.5. The number of ether oxygens (including phenoxy) is 1. The van der Waals surface area contributed by atoms with Crippen LogP contribution >= 0.6 is 11.6 Å². The van der Waals surface area contributed by atoms with Gasteiger partial charge in [-0.25, -0.2) is 14.6 Å². The maximum atomic E-state index is 12.5. The molecule has 0 aliphatic heterocycles. The first-order valence-electron chi connectivity index (χ1n) is 18.6. The number of anilines is 3. The number of imidazole rings is 1. The second-order valence-electron chi connectivity index (χ2n) is 13.5. The molecule has 0 bridgehead atoms. The van der Waals surface area contributed by atoms with E-state index in [2.05, 4.69) is 52.2 Å². The van der Waals surface area contributed by atoms with E-state index in [9.17, 15) is 14.7 Å². The van der Waals surface area contributed by atoms with Crippen molar-refractivity contribution in [3.63, 3.8) is 0 Å². The summed E-state index contributed by atoms with van der Waals surface area (Å²) in [5, 5.41) is 18.9. The summed E-state index contributed by atoms with van der Waals surface area (Å²) in [4.78, 5) is 37.9. The van der Waals surface area contributed by atoms with Crippen molar-refractivity contribution < 1.29 is 19.4 Å². The number of halogens is 1. The number of nitrogens with one attached hydrogen (secondary N) is 3. The smallest absolute Gasteiger partial charge is 0.407 e. The van der Waals surface area contributed by atoms with Gasteiger partial charge in [-0.3, -0.25) is 0 Å². The molecular weight excluding hydrogens is 666 g/mol. The van der Waals surface area contributed by atoms with Crippen LogP contribution in [0.3, 0.4) is 0 Å². The molecule has 51 heavy (non-hydrogen) atoms. The first kappa shape index (κ1) is 41.3. The topological polar surface area (TPSA) is 143 Å². The molecule has 12 heteroatoms. The number of carbonyl (C=O) groups excluding carboxylic acids is 1. The van der Waals surface area contributed by atoms with E-state index >= 15 is 0 Å². The zero-order valence-corrected chi connectivity index (χ0v) is 31.8. The van der Waals surface area contributed by atoms with Gasteiger partial charge in [0.2, 0.25) is 5.95 Å². The van der Waals surface area contributed by atoms with E-state index in [1.54, 1.807) is 12.4 Å². The van der Waals surface area contributed by atoms with Crippen LogP contribution in [0.4, 0.5) is 22.2 Å². The van der Waals surface area contributed by atoms with Crippen molar-refractivity contribution in [3.8, 4) is 0 Å². The molecule has 0 fully saturated rings. The molecule has 2 aromatic heterocycles. The Hall–Kier alpha value is -4.12. The van der Waals surface area contributed by atoms with Crippen molar-refractivity contribution >= 4 is 52.3 Å². The van der Waals surface area contributed by atoms with Crippen LogP contribution in [0.5, 0.6) is 0 Å². The van der Waals surface area contributed by atoms with Crippen LogP contribution in [-0.2, 0) is 4.74 Å². The molecule has 11 nitrogen and oxygen atoms in total. The molecule has 0 aliphatic rings. The molecular formula is C39H58ClN7O4. The molecule has 0 saturated carbocycles. The average Bonchev–Trinajstić information content (AvgIpc) is 3.52. The van der Waals surface area contributed by atoms with Crippen molar-refractivity contribution in [1.82, 2.24) is 24.8 Å². The normalized spacial score (nSPS) is 12.4. The first-order chi connectivity index (χ1) is 24.6. The summed E-state index contributed by atoms with van der Waals surface area (Å²) in [5.41, 5.74) is 1.73. The van der Waals surface area contributed by atoms with Crippen molar-refractivity contribution in [1.29, 1.82) is 0 Å². The quantitative estimate of drug-likeness (QED) is 0.0524. The minimum atomic E-state index is -1.11. The zero-order valence-electron chi connectivity index (χ0n) is 31.1. The molecule has 0 saturated heterocycles. The molecule has 1 atom stereocenters. The van der Waals surface area contributed by atoms with Crippen molar-refractivity contribution in [2.24, 2.45) is 5.92 Å². The number of benzene rings is 1. The minimum Gasteiger partial charge on any atom is -0.478 e. The molecule has 3 rings (SSSR count). The Kier molecular flexibility index (Phi) is 18.3. The SMILES string of the molecule is CCCCCC=CCC=CCCCCCCCCNC(=O)OC[C@H](Nc1nc(Nc2ccc(C(=O)O)c(Cl)c2)c2ncn(C(C)C)c2n1)C(C)C. The lowest BCUT2D eigenvalue weighted by Crippen LogP contribution is -2.35. The molecule has 1 aromatic carbocycles. The van der Waals surface area contributed by atoms with Crippen molar-refractivity contribution in [2.45, 2.75) is 124 Å². The summed E-state index contributed by atoms with van der Waals surface area (Å²) in [5.74, 6) is -0.246. The highest BCUT2D eigenvalue weighted by atomic mass is 35.5. The van der Waals surface area contributed by atoms with Crippen LogP contribution in [0, 0.1) is 5.92 Å². The Morgan fingerprint density at radius 1 is 0.941 bits per heavy atom. The fourth-order valence-electron chi connectivity index (χ4n) is 5.44. The first-order valence-corrected chi connectivity index (χ1v) is 19.0. The van der Waals surface area contributed by atoms with Gasteiger partial charge in [0.15, 0.2) is 17.0 Å². The van der Waals surface area contributed by atoms with Gasteiger partial charge in [-0.15, -0.1) is 0 Å². The molecule has 2 heterocycles. The van der Waals surface area contributed by atoms with Gasteiger partial charge in [0.1, 0.15) is 6.61 Å². The van der Waals surface area contributed by atoms with E-state index in [-0.39, 0.29) is 35.2 Å². The van der Waals surface area contributed by atoms with Gasteiger partial charge in [0.05, 0.1) is 23.0 Å². The largest absolute Gasteiger partial charge is 0.478 e. The number of nitrogens with zero attached hydrogens (tertiary/aromatic N) is 4. The fourth-order valence-corrected chi connectivity index (χ4v) is 5.70. The number of amides is 1. The Morgan fingerprint density at radius 3 is 2.27 bits per heavy atom. The van der Waals surface area contributed by atoms with Crippen LogP contribution in [0.2, 0.25) is 5.02 Å². The Labute approximate surface area is 308 Å². The molecule has 280 valence electrons. The minimum absolute atomic E-state index is 0.00632. The fraction of sp³-hybridized carbons (Fsp3) is 0.564. The number of aromatic nitrogens is 4. The third-order valence-corrected chi connectivity index (χ3v) is 8.91. The third kappa shape index (κ3) is 14.6. The zero-order chi connectivity index (χ0) is 37.0. The summed E-state index contributed by atoms with van der Waals surface area (Å²) in [6.45, 7) is 11.1. The van der Waals surface area contributed by atoms with E-state index in [0.717, 1.165) is 32.1 Å². The lowest BCUT2D eigenvalue weighted by atomic mass is 10.1. The highest BCUT2D eigenvalue weighted by molar-refractivity contribution is 6.33. The Balaban J connectivity index is 1.43. The molecule has 0 aliphatic carbocycles. The number of carbonyl (C=O) groups is 2. The molecule has 0 spiro atoms. The van der Waals surface area contributed by atoms with E-state index in [1.165, 1.54) is 57.1 Å². The maximum absolute atomic E-state index is 12.5. The number of hydrogen-bond acceptors (Lipinski definition) is 8. The summed E-state index contributed by atoms with van der Waals surface area (Å²) in [7, 11) is 0. The van der Waals surface area contributed by atoms with Gasteiger partial charge in [0, 0.05) is 18.3 Å². The number of carboxylic acid groups (broad SMARTS) is 1. The Morgan fingerprint density at radius 2 is 1.63 bits per heavy atom. The second kappa shape index (κ2) is 22.6. The van der Waals surface area contributed by atoms with Gasteiger partial charge < -0.3 is 30.4 Å². The number of carboxylic acids is 1. The molecule has 3 aromatic rings. The van der Waals surface area contributed by atoms with Crippen molar-refractivity contribution in [3.05, 3.63) is 59.4 Å². The van der Waals surface area contributed by atoms with Crippen LogP contribution in [0.1, 0.15) is 128 Å². The summed E-state index contributed by atoms with van der Waals surface area (Å²) in [6, 6.07) is 4.42. The van der Waals surface area contributed by atoms with Crippen LogP contribution in [0.15, 0.2) is 48.8 Å². The Bertz CT molecular complexity index is 1570. The van der Waals surface area contributed by atoms with E-state index in [0.29, 0.717) is 35.2 Å². The third-order valence-electron chi connectivity index (χ3n) is 8.60. The van der Waals surface area contributed by atoms with Gasteiger partial charge in [-0.05, 0) is 76.5 Å². The highest BCUT2D eigenvalue weighted by Gasteiger charge is 2.21. The maximum Gasteiger partial charge on any atom is 0.407 e. The molecule has 0 radical (unpaired) electrons. The molecule has 1 amide bonds. The van der Waals surface area contributed by atoms with Gasteiger partial charge >= 0.3 is 12.1 Å². The predicted molar refractivity (Wildman–Crippen MR) is 208 cm³/mol. The monoisotopic (exact) mass is 723 g/mol. The number of allylic oxidation sites excluding steroid dienone is 4. The lowest BCUT2D eigenvalue weighted by molar-refractivity contribution is 0.0697. The van der Waals surface area contributed by atoms with E-state index < -0.39 is 12.1 Å². The highest BCUT2D eigenvalue weighted by Crippen LogP contribution is 2.29. The molecule has 0 unspecified atom stereocenters. The number of hydrogen-bond donors (Lipinski definition) is 4. The number of unbranched alkanes of at least 4 members (excludes halogenated alkanes) is 9.